The molecule has 3 heteroatoms. The van der Waals surface area contributed by atoms with Crippen molar-refractivity contribution in [3.05, 3.63) is 60.7 Å². The number of allylic oxidation sites excluding steroid dienone is 1. The average Bonchev–Trinajstić information content (AvgIpc) is 2.71. The molecule has 1 aromatic rings. The lowest BCUT2D eigenvalue weighted by molar-refractivity contribution is 0.0202. The first kappa shape index (κ1) is 26.2. The summed E-state index contributed by atoms with van der Waals surface area (Å²) in [5, 5.41) is 0. The Morgan fingerprint density at radius 1 is 1.22 bits per heavy atom. The first-order valence-corrected chi connectivity index (χ1v) is 12.4. The second-order valence-corrected chi connectivity index (χ2v) is 10.9. The van der Waals surface area contributed by atoms with E-state index in [0.29, 0.717) is 24.3 Å². The van der Waals surface area contributed by atoms with E-state index in [0.717, 1.165) is 18.8 Å². The monoisotopic (exact) mass is 439 g/mol. The summed E-state index contributed by atoms with van der Waals surface area (Å²) in [6.45, 7) is 17.3. The van der Waals surface area contributed by atoms with Crippen LogP contribution in [0.1, 0.15) is 72.8 Å². The lowest BCUT2D eigenvalue weighted by atomic mass is 9.70. The predicted octanol–water partition coefficient (Wildman–Crippen LogP) is 7.68. The Kier molecular flexibility index (Phi) is 10.1. The molecule has 2 rings (SSSR count). The van der Waals surface area contributed by atoms with Gasteiger partial charge in [-0.25, -0.2) is 4.79 Å². The molecule has 1 saturated carbocycles. The molecule has 178 valence electrons. The van der Waals surface area contributed by atoms with E-state index >= 15 is 0 Å². The van der Waals surface area contributed by atoms with E-state index in [1.54, 1.807) is 0 Å². The average molecular weight is 440 g/mol. The van der Waals surface area contributed by atoms with Gasteiger partial charge in [-0.05, 0) is 75.7 Å². The first-order valence-electron chi connectivity index (χ1n) is 12.4. The van der Waals surface area contributed by atoms with Crippen molar-refractivity contribution >= 4 is 6.09 Å². The van der Waals surface area contributed by atoms with Crippen LogP contribution < -0.4 is 0 Å². The molecule has 0 heterocycles. The summed E-state index contributed by atoms with van der Waals surface area (Å²) in [5.74, 6) is 2.71. The largest absolute Gasteiger partial charge is 0.444 e. The Morgan fingerprint density at radius 3 is 2.50 bits per heavy atom. The highest BCUT2D eigenvalue weighted by Gasteiger charge is 2.31. The third-order valence-electron chi connectivity index (χ3n) is 6.54. The van der Waals surface area contributed by atoms with Gasteiger partial charge in [0.25, 0.3) is 0 Å². The van der Waals surface area contributed by atoms with Gasteiger partial charge in [0.1, 0.15) is 5.60 Å². The van der Waals surface area contributed by atoms with Crippen molar-refractivity contribution in [1.29, 1.82) is 0 Å². The van der Waals surface area contributed by atoms with Gasteiger partial charge in [-0.3, -0.25) is 0 Å². The second-order valence-electron chi connectivity index (χ2n) is 10.9. The minimum atomic E-state index is -0.522. The molecule has 1 amide bonds. The van der Waals surface area contributed by atoms with Crippen LogP contribution in [0.15, 0.2) is 55.1 Å². The maximum absolute atomic E-state index is 13.2. The second kappa shape index (κ2) is 12.3. The van der Waals surface area contributed by atoms with Crippen LogP contribution >= 0.6 is 0 Å². The number of carbonyl (C=O) groups excluding carboxylic acids is 1. The Labute approximate surface area is 196 Å². The lowest BCUT2D eigenvalue weighted by Gasteiger charge is -2.37. The first-order chi connectivity index (χ1) is 15.1. The smallest absolute Gasteiger partial charge is 0.410 e. The zero-order chi connectivity index (χ0) is 23.7. The Hall–Kier alpha value is -2.03. The van der Waals surface area contributed by atoms with E-state index in [2.05, 4.69) is 63.8 Å². The summed E-state index contributed by atoms with van der Waals surface area (Å²) in [7, 11) is 0. The van der Waals surface area contributed by atoms with Gasteiger partial charge in [0.05, 0.1) is 6.04 Å². The molecule has 0 spiro atoms. The van der Waals surface area contributed by atoms with E-state index in [1.165, 1.54) is 24.8 Å². The molecular formula is C29H45NO2. The van der Waals surface area contributed by atoms with Crippen LogP contribution in [0.2, 0.25) is 0 Å². The molecule has 3 nitrogen and oxygen atoms in total. The van der Waals surface area contributed by atoms with Crippen molar-refractivity contribution in [3.8, 4) is 0 Å². The van der Waals surface area contributed by atoms with Gasteiger partial charge in [0.15, 0.2) is 0 Å². The molecule has 1 fully saturated rings. The number of nitrogens with zero attached hydrogens (tertiary/aromatic N) is 1. The van der Waals surface area contributed by atoms with Gasteiger partial charge < -0.3 is 9.64 Å². The van der Waals surface area contributed by atoms with Crippen LogP contribution in [-0.2, 0) is 11.2 Å². The quantitative estimate of drug-likeness (QED) is 0.369. The highest BCUT2D eigenvalue weighted by molar-refractivity contribution is 5.69. The van der Waals surface area contributed by atoms with Crippen LogP contribution in [0.3, 0.4) is 0 Å². The lowest BCUT2D eigenvalue weighted by Crippen LogP contribution is -2.44. The topological polar surface area (TPSA) is 29.5 Å². The minimum Gasteiger partial charge on any atom is -0.444 e. The zero-order valence-corrected chi connectivity index (χ0v) is 21.2. The molecule has 0 aliphatic heterocycles. The van der Waals surface area contributed by atoms with Crippen molar-refractivity contribution in [3.63, 3.8) is 0 Å². The fraction of sp³-hybridized carbons (Fsp3) is 0.621. The predicted molar refractivity (Wildman–Crippen MR) is 136 cm³/mol. The van der Waals surface area contributed by atoms with Gasteiger partial charge in [-0.1, -0.05) is 75.8 Å². The molecule has 4 atom stereocenters. The van der Waals surface area contributed by atoms with Gasteiger partial charge in [0.2, 0.25) is 0 Å². The molecule has 32 heavy (non-hydrogen) atoms. The third-order valence-corrected chi connectivity index (χ3v) is 6.54. The van der Waals surface area contributed by atoms with Crippen molar-refractivity contribution in [2.45, 2.75) is 85.3 Å². The normalized spacial score (nSPS) is 22.7. The number of hydrogen-bond donors (Lipinski definition) is 0. The number of ether oxygens (including phenoxy) is 1. The highest BCUT2D eigenvalue weighted by Crippen LogP contribution is 2.39. The Bertz CT molecular complexity index is 731. The maximum Gasteiger partial charge on any atom is 0.410 e. The zero-order valence-electron chi connectivity index (χ0n) is 21.2. The van der Waals surface area contributed by atoms with Gasteiger partial charge in [-0.2, -0.15) is 0 Å². The molecule has 0 N–H and O–H groups in total. The van der Waals surface area contributed by atoms with Crippen molar-refractivity contribution < 1.29 is 9.53 Å². The molecule has 1 aliphatic carbocycles. The summed E-state index contributed by atoms with van der Waals surface area (Å²) in [6.07, 6.45) is 11.7. The summed E-state index contributed by atoms with van der Waals surface area (Å²) in [6, 6.07) is 10.4. The fourth-order valence-corrected chi connectivity index (χ4v) is 4.85. The number of benzene rings is 1. The van der Waals surface area contributed by atoms with Crippen molar-refractivity contribution in [1.82, 2.24) is 4.90 Å². The van der Waals surface area contributed by atoms with Crippen LogP contribution in [0.4, 0.5) is 4.79 Å². The number of rotatable bonds is 9. The SMILES string of the molecule is C=CCCN(C(=O)OC(C)(C)C)[C@H](/C=C/[C@@H]1C[C@H](C)CC[C@H]1C(C)C)Cc1ccccc1. The number of hydrogen-bond acceptors (Lipinski definition) is 2. The van der Waals surface area contributed by atoms with Crippen LogP contribution in [0.5, 0.6) is 0 Å². The Morgan fingerprint density at radius 2 is 1.91 bits per heavy atom. The molecule has 0 unspecified atom stereocenters. The molecule has 0 aromatic heterocycles. The van der Waals surface area contributed by atoms with E-state index in [4.69, 9.17) is 4.74 Å². The fourth-order valence-electron chi connectivity index (χ4n) is 4.85. The van der Waals surface area contributed by atoms with Gasteiger partial charge in [-0.15, -0.1) is 6.58 Å². The van der Waals surface area contributed by atoms with Gasteiger partial charge >= 0.3 is 6.09 Å². The van der Waals surface area contributed by atoms with Crippen molar-refractivity contribution in [2.24, 2.45) is 23.7 Å². The standard InChI is InChI=1S/C29H45NO2/c1-8-9-19-30(28(31)32-29(5,6)7)26(21-24-13-11-10-12-14-24)17-16-25-20-23(4)15-18-27(25)22(2)3/h8,10-14,16-17,22-23,25-27H,1,9,15,18-21H2,2-7H3/b17-16+/t23-,25-,26-,27+/m1/s1. The maximum atomic E-state index is 13.2. The highest BCUT2D eigenvalue weighted by atomic mass is 16.6. The molecule has 0 radical (unpaired) electrons. The molecule has 0 bridgehead atoms. The van der Waals surface area contributed by atoms with E-state index < -0.39 is 5.60 Å². The third kappa shape index (κ3) is 8.48. The summed E-state index contributed by atoms with van der Waals surface area (Å²) >= 11 is 0. The van der Waals surface area contributed by atoms with E-state index in [9.17, 15) is 4.79 Å². The summed E-state index contributed by atoms with van der Waals surface area (Å²) < 4.78 is 5.80. The molecular weight excluding hydrogens is 394 g/mol. The van der Waals surface area contributed by atoms with Crippen LogP contribution in [0.25, 0.3) is 0 Å². The van der Waals surface area contributed by atoms with Crippen molar-refractivity contribution in [2.75, 3.05) is 6.54 Å². The van der Waals surface area contributed by atoms with Crippen LogP contribution in [0, 0.1) is 23.7 Å². The Balaban J connectivity index is 2.34. The summed E-state index contributed by atoms with van der Waals surface area (Å²) in [5.41, 5.74) is 0.707. The number of carbonyl (C=O) groups is 1. The molecule has 1 aliphatic rings. The molecule has 1 aromatic carbocycles. The van der Waals surface area contributed by atoms with Gasteiger partial charge in [0, 0.05) is 6.54 Å². The van der Waals surface area contributed by atoms with E-state index in [-0.39, 0.29) is 12.1 Å². The number of amides is 1. The molecule has 0 saturated heterocycles. The minimum absolute atomic E-state index is 0.0442. The van der Waals surface area contributed by atoms with Crippen LogP contribution in [-0.4, -0.2) is 29.2 Å². The van der Waals surface area contributed by atoms with E-state index in [1.807, 2.05) is 37.8 Å². The summed E-state index contributed by atoms with van der Waals surface area (Å²) in [4.78, 5) is 15.1.